The van der Waals surface area contributed by atoms with Crippen molar-refractivity contribution < 1.29 is 44.2 Å². The molecule has 4 N–H and O–H groups in total. The second-order valence-electron chi connectivity index (χ2n) is 15.8. The smallest absolute Gasteiger partial charge is 0.306 e. The van der Waals surface area contributed by atoms with E-state index in [-0.39, 0.29) is 19.6 Å². The Morgan fingerprint density at radius 3 is 1.51 bits per heavy atom. The number of carbonyl (C=O) groups excluding carboxylic acids is 1. The summed E-state index contributed by atoms with van der Waals surface area (Å²) in [6, 6.07) is 0. The van der Waals surface area contributed by atoms with E-state index in [2.05, 4.69) is 50.3 Å². The van der Waals surface area contributed by atoms with Crippen LogP contribution in [0.25, 0.3) is 0 Å². The normalized spacial score (nSPS) is 20.8. The van der Waals surface area contributed by atoms with Crippen molar-refractivity contribution in [3.63, 3.8) is 0 Å². The first-order chi connectivity index (χ1) is 27.9. The molecule has 1 fully saturated rings. The van der Waals surface area contributed by atoms with Crippen molar-refractivity contribution >= 4 is 5.97 Å². The molecule has 0 bridgehead atoms. The number of unbranched alkanes of at least 4 members (excludes halogenated alkanes) is 20. The van der Waals surface area contributed by atoms with Gasteiger partial charge in [0.2, 0.25) is 0 Å². The molecule has 1 aliphatic rings. The van der Waals surface area contributed by atoms with Crippen molar-refractivity contribution in [1.82, 2.24) is 0 Å². The van der Waals surface area contributed by atoms with Gasteiger partial charge in [-0.15, -0.1) is 0 Å². The number of hydrogen-bond acceptors (Lipinski definition) is 9. The summed E-state index contributed by atoms with van der Waals surface area (Å²) in [5.74, 6) is -0.391. The fourth-order valence-corrected chi connectivity index (χ4v) is 6.92. The molecule has 0 aromatic carbocycles. The summed E-state index contributed by atoms with van der Waals surface area (Å²) in [5, 5.41) is 40.1. The Morgan fingerprint density at radius 1 is 0.579 bits per heavy atom. The van der Waals surface area contributed by atoms with Crippen LogP contribution in [0.5, 0.6) is 0 Å². The van der Waals surface area contributed by atoms with Gasteiger partial charge in [-0.2, -0.15) is 0 Å². The molecule has 1 saturated heterocycles. The van der Waals surface area contributed by atoms with E-state index in [0.29, 0.717) is 13.0 Å². The predicted octanol–water partition coefficient (Wildman–Crippen LogP) is 10.5. The molecular weight excluding hydrogens is 721 g/mol. The average molecular weight is 807 g/mol. The molecule has 9 nitrogen and oxygen atoms in total. The van der Waals surface area contributed by atoms with Crippen LogP contribution < -0.4 is 0 Å². The van der Waals surface area contributed by atoms with Gasteiger partial charge < -0.3 is 39.4 Å². The SMILES string of the molecule is CC/C=C\C/C=C\C/C=C\C/C=C\CCC(=O)OC(COCCCCCCCCCCCCCCCCCCCCCCC)COC1OC(CO)C(O)C(O)C1O. The fraction of sp³-hybridized carbons (Fsp3) is 0.812. The molecule has 57 heavy (non-hydrogen) atoms. The second kappa shape index (κ2) is 39.6. The summed E-state index contributed by atoms with van der Waals surface area (Å²) >= 11 is 0. The van der Waals surface area contributed by atoms with Gasteiger partial charge in [0.1, 0.15) is 30.5 Å². The minimum absolute atomic E-state index is 0.117. The van der Waals surface area contributed by atoms with Gasteiger partial charge in [0.15, 0.2) is 6.29 Å². The van der Waals surface area contributed by atoms with Gasteiger partial charge in [-0.25, -0.2) is 0 Å². The van der Waals surface area contributed by atoms with E-state index < -0.39 is 49.4 Å². The Labute approximate surface area is 348 Å². The highest BCUT2D eigenvalue weighted by Crippen LogP contribution is 2.22. The number of ether oxygens (including phenoxy) is 4. The topological polar surface area (TPSA) is 135 Å². The summed E-state index contributed by atoms with van der Waals surface area (Å²) in [6.07, 6.45) is 41.7. The van der Waals surface area contributed by atoms with E-state index in [1.807, 2.05) is 12.2 Å². The van der Waals surface area contributed by atoms with Crippen LogP contribution in [0, 0.1) is 0 Å². The third kappa shape index (κ3) is 30.8. The zero-order chi connectivity index (χ0) is 41.4. The van der Waals surface area contributed by atoms with Crippen molar-refractivity contribution in [2.75, 3.05) is 26.4 Å². The highest BCUT2D eigenvalue weighted by Gasteiger charge is 2.44. The summed E-state index contributed by atoms with van der Waals surface area (Å²) in [5.41, 5.74) is 0. The Kier molecular flexibility index (Phi) is 36.9. The Bertz CT molecular complexity index is 1010. The number of aliphatic hydroxyl groups is 4. The number of rotatable bonds is 39. The maximum atomic E-state index is 12.7. The van der Waals surface area contributed by atoms with E-state index in [1.165, 1.54) is 122 Å². The summed E-state index contributed by atoms with van der Waals surface area (Å²) in [4.78, 5) is 12.7. The van der Waals surface area contributed by atoms with E-state index in [1.54, 1.807) is 0 Å². The quantitative estimate of drug-likeness (QED) is 0.0272. The predicted molar refractivity (Wildman–Crippen MR) is 233 cm³/mol. The van der Waals surface area contributed by atoms with Crippen LogP contribution in [-0.4, -0.2) is 89.6 Å². The molecule has 0 saturated carbocycles. The first kappa shape index (κ1) is 53.2. The average Bonchev–Trinajstić information content (AvgIpc) is 3.21. The van der Waals surface area contributed by atoms with Crippen LogP contribution in [0.2, 0.25) is 0 Å². The first-order valence-corrected chi connectivity index (χ1v) is 23.2. The first-order valence-electron chi connectivity index (χ1n) is 23.2. The zero-order valence-corrected chi connectivity index (χ0v) is 36.3. The summed E-state index contributed by atoms with van der Waals surface area (Å²) < 4.78 is 22.7. The van der Waals surface area contributed by atoms with Crippen LogP contribution in [0.1, 0.15) is 187 Å². The number of carbonyl (C=O) groups is 1. The molecule has 0 aromatic heterocycles. The molecule has 9 heteroatoms. The van der Waals surface area contributed by atoms with E-state index >= 15 is 0 Å². The van der Waals surface area contributed by atoms with Crippen molar-refractivity contribution in [2.45, 2.75) is 224 Å². The molecule has 1 rings (SSSR count). The maximum Gasteiger partial charge on any atom is 0.306 e. The van der Waals surface area contributed by atoms with Crippen molar-refractivity contribution in [2.24, 2.45) is 0 Å². The molecule has 6 unspecified atom stereocenters. The standard InChI is InChI=1S/C48H86O9/c1-3-5-7-9-11-13-15-17-18-19-20-21-22-23-24-26-28-30-32-34-36-38-54-40-42(41-55-48-47(53)46(52)45(51)43(39-49)57-48)56-44(50)37-35-33-31-29-27-25-16-14-12-10-8-6-4-2/h6,8,12,14,25,27,31,33,42-43,45-49,51-53H,3-5,7,9-11,13,15-24,26,28-30,32,34-41H2,1-2H3/b8-6-,14-12-,27-25-,33-31-. The van der Waals surface area contributed by atoms with Gasteiger partial charge in [0, 0.05) is 13.0 Å². The molecule has 1 heterocycles. The Hall–Kier alpha value is -1.85. The van der Waals surface area contributed by atoms with Crippen LogP contribution in [0.4, 0.5) is 0 Å². The third-order valence-electron chi connectivity index (χ3n) is 10.5. The van der Waals surface area contributed by atoms with Crippen LogP contribution in [0.15, 0.2) is 48.6 Å². The van der Waals surface area contributed by atoms with Crippen LogP contribution in [0.3, 0.4) is 0 Å². The monoisotopic (exact) mass is 807 g/mol. The van der Waals surface area contributed by atoms with E-state index in [0.717, 1.165) is 38.5 Å². The fourth-order valence-electron chi connectivity index (χ4n) is 6.92. The lowest BCUT2D eigenvalue weighted by Crippen LogP contribution is -2.59. The minimum atomic E-state index is -1.55. The lowest BCUT2D eigenvalue weighted by molar-refractivity contribution is -0.305. The summed E-state index contributed by atoms with van der Waals surface area (Å²) in [7, 11) is 0. The van der Waals surface area contributed by atoms with E-state index in [4.69, 9.17) is 18.9 Å². The molecule has 0 amide bonds. The van der Waals surface area contributed by atoms with Crippen molar-refractivity contribution in [3.8, 4) is 0 Å². The number of allylic oxidation sites excluding steroid dienone is 8. The van der Waals surface area contributed by atoms with Crippen LogP contribution in [-0.2, 0) is 23.7 Å². The molecule has 6 atom stereocenters. The van der Waals surface area contributed by atoms with Gasteiger partial charge >= 0.3 is 5.97 Å². The molecule has 0 radical (unpaired) electrons. The van der Waals surface area contributed by atoms with E-state index in [9.17, 15) is 25.2 Å². The highest BCUT2D eigenvalue weighted by atomic mass is 16.7. The third-order valence-corrected chi connectivity index (χ3v) is 10.5. The molecule has 332 valence electrons. The lowest BCUT2D eigenvalue weighted by atomic mass is 9.99. The minimum Gasteiger partial charge on any atom is -0.457 e. The molecular formula is C48H86O9. The number of hydrogen-bond donors (Lipinski definition) is 4. The van der Waals surface area contributed by atoms with Gasteiger partial charge in [0.25, 0.3) is 0 Å². The van der Waals surface area contributed by atoms with Gasteiger partial charge in [0.05, 0.1) is 19.8 Å². The molecule has 0 aliphatic carbocycles. The van der Waals surface area contributed by atoms with Gasteiger partial charge in [-0.3, -0.25) is 4.79 Å². The molecule has 0 spiro atoms. The van der Waals surface area contributed by atoms with Gasteiger partial charge in [-0.1, -0.05) is 191 Å². The van der Waals surface area contributed by atoms with Crippen molar-refractivity contribution in [1.29, 1.82) is 0 Å². The van der Waals surface area contributed by atoms with Gasteiger partial charge in [-0.05, 0) is 38.5 Å². The molecule has 0 aromatic rings. The molecule has 1 aliphatic heterocycles. The zero-order valence-electron chi connectivity index (χ0n) is 36.3. The lowest BCUT2D eigenvalue weighted by Gasteiger charge is -2.39. The number of aliphatic hydroxyl groups excluding tert-OH is 4. The summed E-state index contributed by atoms with van der Waals surface area (Å²) in [6.45, 7) is 4.37. The van der Waals surface area contributed by atoms with Crippen molar-refractivity contribution in [3.05, 3.63) is 48.6 Å². The Balaban J connectivity index is 2.24. The second-order valence-corrected chi connectivity index (χ2v) is 15.8. The largest absolute Gasteiger partial charge is 0.457 e. The maximum absolute atomic E-state index is 12.7. The number of esters is 1. The highest BCUT2D eigenvalue weighted by molar-refractivity contribution is 5.69. The Morgan fingerprint density at radius 2 is 1.04 bits per heavy atom. The van der Waals surface area contributed by atoms with Crippen LogP contribution >= 0.6 is 0 Å².